The van der Waals surface area contributed by atoms with Crippen molar-refractivity contribution in [2.45, 2.75) is 12.3 Å². The Hall–Kier alpha value is -3.48. The first-order chi connectivity index (χ1) is 13.6. The minimum absolute atomic E-state index is 0.0465. The van der Waals surface area contributed by atoms with Crippen LogP contribution in [0, 0.1) is 0 Å². The van der Waals surface area contributed by atoms with Crippen LogP contribution in [0.1, 0.15) is 23.5 Å². The molecule has 7 nitrogen and oxygen atoms in total. The van der Waals surface area contributed by atoms with E-state index in [1.807, 2.05) is 0 Å². The molecule has 3 aromatic rings. The maximum atomic E-state index is 12.8. The van der Waals surface area contributed by atoms with Crippen molar-refractivity contribution in [1.82, 2.24) is 0 Å². The van der Waals surface area contributed by atoms with E-state index >= 15 is 0 Å². The third kappa shape index (κ3) is 2.76. The fourth-order valence-electron chi connectivity index (χ4n) is 3.59. The number of para-hydroxylation sites is 1. The van der Waals surface area contributed by atoms with Crippen LogP contribution in [0.25, 0.3) is 11.0 Å². The van der Waals surface area contributed by atoms with Crippen LogP contribution in [0.15, 0.2) is 45.6 Å². The van der Waals surface area contributed by atoms with Crippen LogP contribution >= 0.6 is 0 Å². The third-order valence-electron chi connectivity index (χ3n) is 4.84. The van der Waals surface area contributed by atoms with Crippen LogP contribution in [-0.2, 0) is 4.79 Å². The molecule has 7 heteroatoms. The van der Waals surface area contributed by atoms with Gasteiger partial charge >= 0.3 is 11.6 Å². The van der Waals surface area contributed by atoms with E-state index in [1.165, 1.54) is 21.3 Å². The van der Waals surface area contributed by atoms with E-state index in [9.17, 15) is 9.59 Å². The summed E-state index contributed by atoms with van der Waals surface area (Å²) in [5, 5.41) is 0.557. The molecule has 0 radical (unpaired) electrons. The van der Waals surface area contributed by atoms with Gasteiger partial charge in [-0.3, -0.25) is 4.79 Å². The Balaban J connectivity index is 2.03. The highest BCUT2D eigenvalue weighted by Gasteiger charge is 2.37. The summed E-state index contributed by atoms with van der Waals surface area (Å²) in [7, 11) is 4.53. The molecule has 2 aromatic carbocycles. The lowest BCUT2D eigenvalue weighted by Crippen LogP contribution is -2.27. The minimum Gasteiger partial charge on any atom is -0.496 e. The summed E-state index contributed by atoms with van der Waals surface area (Å²) < 4.78 is 27.3. The van der Waals surface area contributed by atoms with Gasteiger partial charge in [0.15, 0.2) is 5.75 Å². The molecule has 0 amide bonds. The Kier molecular flexibility index (Phi) is 4.43. The first kappa shape index (κ1) is 17.9. The number of carbonyl (C=O) groups excluding carboxylic acids is 1. The molecule has 1 unspecified atom stereocenters. The first-order valence-electron chi connectivity index (χ1n) is 8.63. The zero-order valence-electron chi connectivity index (χ0n) is 15.6. The molecule has 1 aromatic heterocycles. The second-order valence-electron chi connectivity index (χ2n) is 6.30. The number of rotatable bonds is 4. The zero-order chi connectivity index (χ0) is 19.8. The van der Waals surface area contributed by atoms with Crippen molar-refractivity contribution in [2.75, 3.05) is 21.3 Å². The Morgan fingerprint density at radius 2 is 1.61 bits per heavy atom. The SMILES string of the molecule is COc1cc(OC)c(C2CC(=O)Oc3c2c(=O)oc2ccccc32)c(OC)c1. The molecule has 0 aliphatic carbocycles. The van der Waals surface area contributed by atoms with Gasteiger partial charge in [-0.2, -0.15) is 0 Å². The largest absolute Gasteiger partial charge is 0.496 e. The first-order valence-corrected chi connectivity index (χ1v) is 8.63. The van der Waals surface area contributed by atoms with Gasteiger partial charge in [0.2, 0.25) is 0 Å². The number of fused-ring (bicyclic) bond motifs is 3. The van der Waals surface area contributed by atoms with E-state index in [4.69, 9.17) is 23.4 Å². The van der Waals surface area contributed by atoms with E-state index < -0.39 is 17.5 Å². The number of carbonyl (C=O) groups is 1. The van der Waals surface area contributed by atoms with Crippen LogP contribution in [0.4, 0.5) is 0 Å². The molecule has 4 rings (SSSR count). The lowest BCUT2D eigenvalue weighted by molar-refractivity contribution is -0.135. The molecule has 0 fully saturated rings. The predicted octanol–water partition coefficient (Wildman–Crippen LogP) is 3.26. The van der Waals surface area contributed by atoms with Gasteiger partial charge in [-0.15, -0.1) is 0 Å². The summed E-state index contributed by atoms with van der Waals surface area (Å²) in [4.78, 5) is 25.3. The summed E-state index contributed by atoms with van der Waals surface area (Å²) in [5.74, 6) is 0.527. The van der Waals surface area contributed by atoms with Crippen molar-refractivity contribution in [3.05, 3.63) is 57.9 Å². The van der Waals surface area contributed by atoms with Gasteiger partial charge in [0.1, 0.15) is 22.8 Å². The summed E-state index contributed by atoms with van der Waals surface area (Å²) in [6.45, 7) is 0. The summed E-state index contributed by atoms with van der Waals surface area (Å²) in [6, 6.07) is 10.3. The second kappa shape index (κ2) is 6.92. The molecule has 2 heterocycles. The lowest BCUT2D eigenvalue weighted by atomic mass is 9.85. The summed E-state index contributed by atoms with van der Waals surface area (Å²) >= 11 is 0. The number of benzene rings is 2. The molecule has 0 bridgehead atoms. The van der Waals surface area contributed by atoms with E-state index in [-0.39, 0.29) is 17.7 Å². The van der Waals surface area contributed by atoms with E-state index in [1.54, 1.807) is 36.4 Å². The van der Waals surface area contributed by atoms with Gasteiger partial charge in [0.25, 0.3) is 0 Å². The molecule has 1 aliphatic rings. The number of methoxy groups -OCH3 is 3. The maximum absolute atomic E-state index is 12.8. The molecule has 1 aliphatic heterocycles. The average Bonchev–Trinajstić information content (AvgIpc) is 2.72. The number of hydrogen-bond donors (Lipinski definition) is 0. The Labute approximate surface area is 160 Å². The molecule has 0 saturated carbocycles. The fraction of sp³-hybridized carbons (Fsp3) is 0.238. The molecule has 0 spiro atoms. The van der Waals surface area contributed by atoms with Gasteiger partial charge in [0, 0.05) is 23.6 Å². The van der Waals surface area contributed by atoms with Crippen LogP contribution in [0.2, 0.25) is 0 Å². The fourth-order valence-corrected chi connectivity index (χ4v) is 3.59. The third-order valence-corrected chi connectivity index (χ3v) is 4.84. The smallest absolute Gasteiger partial charge is 0.343 e. The van der Waals surface area contributed by atoms with Crippen LogP contribution < -0.4 is 24.6 Å². The Bertz CT molecular complexity index is 1100. The molecule has 144 valence electrons. The molecule has 0 N–H and O–H groups in total. The van der Waals surface area contributed by atoms with Gasteiger partial charge in [-0.1, -0.05) is 12.1 Å². The van der Waals surface area contributed by atoms with E-state index in [0.717, 1.165) is 0 Å². The van der Waals surface area contributed by atoms with Crippen molar-refractivity contribution in [3.8, 4) is 23.0 Å². The standard InChI is InChI=1S/C21H18O7/c1-24-11-8-15(25-2)18(16(9-11)26-3)13-10-17(22)28-20-12-6-4-5-7-14(12)27-21(23)19(13)20/h4-9,13H,10H2,1-3H3. The van der Waals surface area contributed by atoms with Gasteiger partial charge in [-0.05, 0) is 12.1 Å². The number of ether oxygens (including phenoxy) is 4. The summed E-state index contributed by atoms with van der Waals surface area (Å²) in [6.07, 6.45) is -0.0465. The van der Waals surface area contributed by atoms with Gasteiger partial charge < -0.3 is 23.4 Å². The summed E-state index contributed by atoms with van der Waals surface area (Å²) in [5.41, 5.74) is 0.617. The molecule has 0 saturated heterocycles. The van der Waals surface area contributed by atoms with Crippen LogP contribution in [0.3, 0.4) is 0 Å². The zero-order valence-corrected chi connectivity index (χ0v) is 15.6. The Morgan fingerprint density at radius 1 is 0.929 bits per heavy atom. The molecular formula is C21H18O7. The monoisotopic (exact) mass is 382 g/mol. The van der Waals surface area contributed by atoms with Crippen LogP contribution in [0.5, 0.6) is 23.0 Å². The van der Waals surface area contributed by atoms with E-state index in [2.05, 4.69) is 0 Å². The second-order valence-corrected chi connectivity index (χ2v) is 6.30. The maximum Gasteiger partial charge on any atom is 0.343 e. The van der Waals surface area contributed by atoms with Crippen molar-refractivity contribution in [1.29, 1.82) is 0 Å². The highest BCUT2D eigenvalue weighted by molar-refractivity contribution is 5.90. The molecule has 28 heavy (non-hydrogen) atoms. The minimum atomic E-state index is -0.645. The van der Waals surface area contributed by atoms with Gasteiger partial charge in [-0.25, -0.2) is 4.79 Å². The predicted molar refractivity (Wildman–Crippen MR) is 101 cm³/mol. The Morgan fingerprint density at radius 3 is 2.25 bits per heavy atom. The van der Waals surface area contributed by atoms with Crippen molar-refractivity contribution < 1.29 is 28.2 Å². The van der Waals surface area contributed by atoms with Crippen molar-refractivity contribution >= 4 is 16.9 Å². The highest BCUT2D eigenvalue weighted by atomic mass is 16.5. The quantitative estimate of drug-likeness (QED) is 0.506. The van der Waals surface area contributed by atoms with E-state index in [0.29, 0.717) is 33.8 Å². The van der Waals surface area contributed by atoms with Crippen LogP contribution in [-0.4, -0.2) is 27.3 Å². The molecular weight excluding hydrogens is 364 g/mol. The number of hydrogen-bond acceptors (Lipinski definition) is 7. The topological polar surface area (TPSA) is 84.2 Å². The van der Waals surface area contributed by atoms with Crippen molar-refractivity contribution in [2.24, 2.45) is 0 Å². The highest BCUT2D eigenvalue weighted by Crippen LogP contribution is 2.47. The molecule has 1 atom stereocenters. The van der Waals surface area contributed by atoms with Crippen molar-refractivity contribution in [3.63, 3.8) is 0 Å². The lowest BCUT2D eigenvalue weighted by Gasteiger charge is -2.27. The average molecular weight is 382 g/mol. The van der Waals surface area contributed by atoms with Gasteiger partial charge in [0.05, 0.1) is 38.7 Å². The number of esters is 1. The normalized spacial score (nSPS) is 15.7.